The van der Waals surface area contributed by atoms with Gasteiger partial charge in [0.25, 0.3) is 0 Å². The fourth-order valence-corrected chi connectivity index (χ4v) is 2.17. The number of hydrogen-bond donors (Lipinski definition) is 1. The number of ether oxygens (including phenoxy) is 1. The summed E-state index contributed by atoms with van der Waals surface area (Å²) in [6, 6.07) is 11.7. The van der Waals surface area contributed by atoms with Crippen molar-refractivity contribution in [2.45, 2.75) is 33.1 Å². The molecule has 2 rings (SSSR count). The van der Waals surface area contributed by atoms with Crippen molar-refractivity contribution in [3.8, 4) is 11.6 Å². The fourth-order valence-electron chi connectivity index (χ4n) is 2.05. The molecule has 0 amide bonds. The van der Waals surface area contributed by atoms with Crippen LogP contribution >= 0.6 is 12.2 Å². The normalized spacial score (nSPS) is 12.0. The maximum atomic E-state index is 5.79. The molecule has 21 heavy (non-hydrogen) atoms. The van der Waals surface area contributed by atoms with Crippen molar-refractivity contribution in [2.75, 3.05) is 0 Å². The molecule has 0 aliphatic rings. The van der Waals surface area contributed by atoms with E-state index in [-0.39, 0.29) is 0 Å². The predicted octanol–water partition coefficient (Wildman–Crippen LogP) is 4.33. The van der Waals surface area contributed by atoms with Crippen molar-refractivity contribution in [1.82, 2.24) is 4.98 Å². The van der Waals surface area contributed by atoms with E-state index in [9.17, 15) is 0 Å². The first-order valence-corrected chi connectivity index (χ1v) is 7.46. The van der Waals surface area contributed by atoms with Crippen LogP contribution in [0.5, 0.6) is 11.6 Å². The highest BCUT2D eigenvalue weighted by Crippen LogP contribution is 2.25. The van der Waals surface area contributed by atoms with Crippen LogP contribution in [0.3, 0.4) is 0 Å². The van der Waals surface area contributed by atoms with Gasteiger partial charge in [0.1, 0.15) is 10.7 Å². The quantitative estimate of drug-likeness (QED) is 0.835. The van der Waals surface area contributed by atoms with E-state index in [0.717, 1.165) is 23.4 Å². The maximum absolute atomic E-state index is 5.79. The van der Waals surface area contributed by atoms with Crippen LogP contribution in [0.25, 0.3) is 0 Å². The van der Waals surface area contributed by atoms with E-state index in [1.54, 1.807) is 6.07 Å². The number of benzene rings is 1. The van der Waals surface area contributed by atoms with Crippen molar-refractivity contribution < 1.29 is 4.74 Å². The highest BCUT2D eigenvalue weighted by atomic mass is 32.1. The van der Waals surface area contributed by atoms with Crippen molar-refractivity contribution in [1.29, 1.82) is 0 Å². The number of aromatic nitrogens is 1. The van der Waals surface area contributed by atoms with Gasteiger partial charge < -0.3 is 10.5 Å². The first kappa shape index (κ1) is 15.4. The lowest BCUT2D eigenvalue weighted by Crippen LogP contribution is -2.10. The minimum Gasteiger partial charge on any atom is -0.439 e. The molecule has 0 bridgehead atoms. The minimum atomic E-state index is 0.345. The Kier molecular flexibility index (Phi) is 4.91. The van der Waals surface area contributed by atoms with Crippen molar-refractivity contribution in [2.24, 2.45) is 5.73 Å². The van der Waals surface area contributed by atoms with Crippen molar-refractivity contribution >= 4 is 17.2 Å². The van der Waals surface area contributed by atoms with Gasteiger partial charge in [0.15, 0.2) is 0 Å². The van der Waals surface area contributed by atoms with Gasteiger partial charge in [0.2, 0.25) is 5.88 Å². The molecule has 0 fully saturated rings. The van der Waals surface area contributed by atoms with Crippen LogP contribution < -0.4 is 10.5 Å². The Labute approximate surface area is 131 Å². The Morgan fingerprint density at radius 3 is 2.52 bits per heavy atom. The molecule has 0 saturated heterocycles. The standard InChI is InChI=1S/C17H20N2OS/c1-4-11(2)13-5-7-15(8-6-13)20-16-10-14(17(18)21)9-12(3)19-16/h5-11H,4H2,1-3H3,(H2,18,21). The van der Waals surface area contributed by atoms with Gasteiger partial charge in [0.05, 0.1) is 0 Å². The number of thiocarbonyl (C=S) groups is 1. The summed E-state index contributed by atoms with van der Waals surface area (Å²) in [5.74, 6) is 1.82. The Balaban J connectivity index is 2.20. The lowest BCUT2D eigenvalue weighted by Gasteiger charge is -2.11. The molecule has 1 unspecified atom stereocenters. The molecule has 3 nitrogen and oxygen atoms in total. The zero-order valence-electron chi connectivity index (χ0n) is 12.6. The van der Waals surface area contributed by atoms with E-state index in [4.69, 9.17) is 22.7 Å². The predicted molar refractivity (Wildman–Crippen MR) is 90.1 cm³/mol. The third-order valence-corrected chi connectivity index (χ3v) is 3.73. The van der Waals surface area contributed by atoms with Gasteiger partial charge in [-0.15, -0.1) is 0 Å². The fraction of sp³-hybridized carbons (Fsp3) is 0.294. The Morgan fingerprint density at radius 2 is 1.95 bits per heavy atom. The number of nitrogens with zero attached hydrogens (tertiary/aromatic N) is 1. The van der Waals surface area contributed by atoms with Crippen LogP contribution in [0.4, 0.5) is 0 Å². The first-order chi connectivity index (χ1) is 9.99. The van der Waals surface area contributed by atoms with Crippen LogP contribution in [0.1, 0.15) is 43.0 Å². The lowest BCUT2D eigenvalue weighted by atomic mass is 9.99. The minimum absolute atomic E-state index is 0.345. The Morgan fingerprint density at radius 1 is 1.29 bits per heavy atom. The van der Waals surface area contributed by atoms with Gasteiger partial charge in [-0.25, -0.2) is 4.98 Å². The molecule has 0 aliphatic heterocycles. The molecule has 1 atom stereocenters. The zero-order valence-corrected chi connectivity index (χ0v) is 13.4. The summed E-state index contributed by atoms with van der Waals surface area (Å²) in [4.78, 5) is 4.69. The average Bonchev–Trinajstić information content (AvgIpc) is 2.46. The molecule has 0 aliphatic carbocycles. The van der Waals surface area contributed by atoms with E-state index >= 15 is 0 Å². The van der Waals surface area contributed by atoms with E-state index in [1.165, 1.54) is 5.56 Å². The molecular formula is C17H20N2OS. The number of hydrogen-bond acceptors (Lipinski definition) is 3. The summed E-state index contributed by atoms with van der Waals surface area (Å²) in [5, 5.41) is 0. The number of rotatable bonds is 5. The summed E-state index contributed by atoms with van der Waals surface area (Å²) in [5.41, 5.74) is 8.57. The molecule has 2 aromatic rings. The number of aryl methyl sites for hydroxylation is 1. The van der Waals surface area contributed by atoms with E-state index in [0.29, 0.717) is 16.8 Å². The molecule has 2 N–H and O–H groups in total. The summed E-state index contributed by atoms with van der Waals surface area (Å²) in [6.07, 6.45) is 1.12. The maximum Gasteiger partial charge on any atom is 0.220 e. The molecular weight excluding hydrogens is 280 g/mol. The van der Waals surface area contributed by atoms with E-state index in [2.05, 4.69) is 31.0 Å². The molecule has 110 valence electrons. The molecule has 0 spiro atoms. The number of pyridine rings is 1. The first-order valence-electron chi connectivity index (χ1n) is 7.06. The number of nitrogens with two attached hydrogens (primary N) is 1. The SMILES string of the molecule is CCC(C)c1ccc(Oc2cc(C(N)=S)cc(C)n2)cc1. The van der Waals surface area contributed by atoms with Crippen LogP contribution in [-0.2, 0) is 0 Å². The molecule has 1 aromatic carbocycles. The summed E-state index contributed by atoms with van der Waals surface area (Å²) < 4.78 is 5.79. The lowest BCUT2D eigenvalue weighted by molar-refractivity contribution is 0.461. The van der Waals surface area contributed by atoms with E-state index in [1.807, 2.05) is 25.1 Å². The zero-order chi connectivity index (χ0) is 15.4. The van der Waals surface area contributed by atoms with Crippen LogP contribution in [0.2, 0.25) is 0 Å². The van der Waals surface area contributed by atoms with Gasteiger partial charge >= 0.3 is 0 Å². The van der Waals surface area contributed by atoms with Crippen LogP contribution in [0, 0.1) is 6.92 Å². The highest BCUT2D eigenvalue weighted by Gasteiger charge is 2.06. The van der Waals surface area contributed by atoms with Gasteiger partial charge in [-0.2, -0.15) is 0 Å². The third-order valence-electron chi connectivity index (χ3n) is 3.50. The van der Waals surface area contributed by atoms with Gasteiger partial charge in [-0.05, 0) is 43.0 Å². The second-order valence-electron chi connectivity index (χ2n) is 5.18. The summed E-state index contributed by atoms with van der Waals surface area (Å²) in [7, 11) is 0. The van der Waals surface area contributed by atoms with Gasteiger partial charge in [0, 0.05) is 17.3 Å². The largest absolute Gasteiger partial charge is 0.439 e. The monoisotopic (exact) mass is 300 g/mol. The van der Waals surface area contributed by atoms with E-state index < -0.39 is 0 Å². The Bertz CT molecular complexity index is 638. The van der Waals surface area contributed by atoms with Crippen LogP contribution in [0.15, 0.2) is 36.4 Å². The van der Waals surface area contributed by atoms with Crippen LogP contribution in [-0.4, -0.2) is 9.97 Å². The molecule has 0 radical (unpaired) electrons. The average molecular weight is 300 g/mol. The molecule has 1 heterocycles. The summed E-state index contributed by atoms with van der Waals surface area (Å²) in [6.45, 7) is 6.29. The second-order valence-corrected chi connectivity index (χ2v) is 5.62. The highest BCUT2D eigenvalue weighted by molar-refractivity contribution is 7.80. The van der Waals surface area contributed by atoms with Crippen molar-refractivity contribution in [3.05, 3.63) is 53.2 Å². The molecule has 0 saturated carbocycles. The van der Waals surface area contributed by atoms with Gasteiger partial charge in [-0.1, -0.05) is 38.2 Å². The topological polar surface area (TPSA) is 48.1 Å². The third kappa shape index (κ3) is 4.02. The smallest absolute Gasteiger partial charge is 0.220 e. The van der Waals surface area contributed by atoms with Gasteiger partial charge in [-0.3, -0.25) is 0 Å². The second kappa shape index (κ2) is 6.68. The molecule has 4 heteroatoms. The van der Waals surface area contributed by atoms with Crippen molar-refractivity contribution in [3.63, 3.8) is 0 Å². The molecule has 1 aromatic heterocycles. The summed E-state index contributed by atoms with van der Waals surface area (Å²) >= 11 is 5.00. The Hall–Kier alpha value is -1.94.